The second kappa shape index (κ2) is 7.76. The second-order valence-electron chi connectivity index (χ2n) is 5.95. The third kappa shape index (κ3) is 4.55. The zero-order valence-corrected chi connectivity index (χ0v) is 14.6. The van der Waals surface area contributed by atoms with Gasteiger partial charge in [-0.25, -0.2) is 12.7 Å². The molecule has 1 fully saturated rings. The van der Waals surface area contributed by atoms with Crippen LogP contribution >= 0.6 is 0 Å². The van der Waals surface area contributed by atoms with Gasteiger partial charge in [-0.2, -0.15) is 0 Å². The van der Waals surface area contributed by atoms with Gasteiger partial charge in [-0.05, 0) is 37.1 Å². The molecule has 132 valence electrons. The number of hydrogen-bond donors (Lipinski definition) is 1. The maximum absolute atomic E-state index is 11.9. The summed E-state index contributed by atoms with van der Waals surface area (Å²) in [6, 6.07) is 5.81. The summed E-state index contributed by atoms with van der Waals surface area (Å²) >= 11 is 0. The number of nitrogens with one attached hydrogen (secondary N) is 1. The van der Waals surface area contributed by atoms with Gasteiger partial charge < -0.3 is 10.1 Å². The van der Waals surface area contributed by atoms with Crippen molar-refractivity contribution in [3.8, 4) is 0 Å². The van der Waals surface area contributed by atoms with E-state index in [2.05, 4.69) is 5.32 Å². The van der Waals surface area contributed by atoms with Gasteiger partial charge in [0.1, 0.15) is 0 Å². The fraction of sp³-hybridized carbons (Fsp3) is 0.500. The molecule has 0 aromatic heterocycles. The largest absolute Gasteiger partial charge is 0.455 e. The van der Waals surface area contributed by atoms with Crippen LogP contribution in [0.1, 0.15) is 25.7 Å². The van der Waals surface area contributed by atoms with Crippen LogP contribution in [-0.2, 0) is 24.3 Å². The summed E-state index contributed by atoms with van der Waals surface area (Å²) in [7, 11) is -0.606. The highest BCUT2D eigenvalue weighted by Crippen LogP contribution is 2.25. The van der Waals surface area contributed by atoms with Crippen LogP contribution in [0.15, 0.2) is 29.2 Å². The van der Waals surface area contributed by atoms with Crippen LogP contribution in [0.2, 0.25) is 0 Å². The Hall–Kier alpha value is -1.93. The van der Waals surface area contributed by atoms with Crippen molar-refractivity contribution < 1.29 is 22.7 Å². The topological polar surface area (TPSA) is 92.8 Å². The van der Waals surface area contributed by atoms with E-state index in [-0.39, 0.29) is 23.4 Å². The summed E-state index contributed by atoms with van der Waals surface area (Å²) in [5.74, 6) is -0.868. The normalized spacial score (nSPS) is 15.5. The van der Waals surface area contributed by atoms with Crippen molar-refractivity contribution in [1.29, 1.82) is 0 Å². The number of benzene rings is 1. The molecule has 0 saturated heterocycles. The van der Waals surface area contributed by atoms with Crippen LogP contribution < -0.4 is 5.32 Å². The standard InChI is InChI=1S/C16H22N2O5S/c1-18(2)24(21,22)14-9-7-13(8-10-14)17-15(19)11-23-16(20)12-5-3-4-6-12/h7-10,12H,3-6,11H2,1-2H3,(H,17,19). The molecule has 1 amide bonds. The maximum Gasteiger partial charge on any atom is 0.309 e. The Morgan fingerprint density at radius 1 is 1.17 bits per heavy atom. The van der Waals surface area contributed by atoms with E-state index in [0.29, 0.717) is 5.69 Å². The Morgan fingerprint density at radius 2 is 1.75 bits per heavy atom. The van der Waals surface area contributed by atoms with E-state index >= 15 is 0 Å². The molecule has 0 aliphatic heterocycles. The minimum absolute atomic E-state index is 0.0895. The van der Waals surface area contributed by atoms with E-state index in [1.165, 1.54) is 38.4 Å². The lowest BCUT2D eigenvalue weighted by molar-refractivity contribution is -0.151. The van der Waals surface area contributed by atoms with Crippen LogP contribution in [0.3, 0.4) is 0 Å². The average Bonchev–Trinajstić information content (AvgIpc) is 3.07. The molecule has 1 aliphatic carbocycles. The van der Waals surface area contributed by atoms with Crippen LogP contribution in [0.25, 0.3) is 0 Å². The first kappa shape index (κ1) is 18.4. The highest BCUT2D eigenvalue weighted by Gasteiger charge is 2.24. The maximum atomic E-state index is 11.9. The Balaban J connectivity index is 1.87. The van der Waals surface area contributed by atoms with Gasteiger partial charge in [0.2, 0.25) is 10.0 Å². The van der Waals surface area contributed by atoms with Crippen molar-refractivity contribution in [2.45, 2.75) is 30.6 Å². The van der Waals surface area contributed by atoms with E-state index in [0.717, 1.165) is 30.0 Å². The third-order valence-electron chi connectivity index (χ3n) is 3.95. The zero-order valence-electron chi connectivity index (χ0n) is 13.8. The molecule has 24 heavy (non-hydrogen) atoms. The number of carbonyl (C=O) groups excluding carboxylic acids is 2. The van der Waals surface area contributed by atoms with Crippen LogP contribution in [0, 0.1) is 5.92 Å². The molecule has 1 aromatic carbocycles. The second-order valence-corrected chi connectivity index (χ2v) is 8.10. The predicted octanol–water partition coefficient (Wildman–Crippen LogP) is 1.61. The molecule has 8 heteroatoms. The van der Waals surface area contributed by atoms with Crippen LogP contribution in [0.5, 0.6) is 0 Å². The molecule has 0 atom stereocenters. The van der Waals surface area contributed by atoms with Crippen molar-refractivity contribution in [3.63, 3.8) is 0 Å². The summed E-state index contributed by atoms with van der Waals surface area (Å²) in [4.78, 5) is 23.7. The van der Waals surface area contributed by atoms with E-state index in [4.69, 9.17) is 4.74 Å². The lowest BCUT2D eigenvalue weighted by Crippen LogP contribution is -2.24. The molecule has 1 aromatic rings. The Labute approximate surface area is 142 Å². The molecule has 0 radical (unpaired) electrons. The number of anilines is 1. The molecule has 0 bridgehead atoms. The first-order valence-electron chi connectivity index (χ1n) is 7.80. The SMILES string of the molecule is CN(C)S(=O)(=O)c1ccc(NC(=O)COC(=O)C2CCCC2)cc1. The highest BCUT2D eigenvalue weighted by molar-refractivity contribution is 7.89. The predicted molar refractivity (Wildman–Crippen MR) is 88.9 cm³/mol. The number of rotatable bonds is 6. The van der Waals surface area contributed by atoms with Gasteiger partial charge in [-0.1, -0.05) is 12.8 Å². The minimum Gasteiger partial charge on any atom is -0.455 e. The molecule has 0 spiro atoms. The monoisotopic (exact) mass is 354 g/mol. The number of carbonyl (C=O) groups is 2. The number of esters is 1. The first-order valence-corrected chi connectivity index (χ1v) is 9.24. The quantitative estimate of drug-likeness (QED) is 0.784. The molecule has 0 unspecified atom stereocenters. The lowest BCUT2D eigenvalue weighted by atomic mass is 10.1. The zero-order chi connectivity index (χ0) is 17.7. The Kier molecular flexibility index (Phi) is 5.95. The number of sulfonamides is 1. The number of nitrogens with zero attached hydrogens (tertiary/aromatic N) is 1. The van der Waals surface area contributed by atoms with Crippen molar-refractivity contribution in [2.75, 3.05) is 26.0 Å². The Bertz CT molecular complexity index is 692. The van der Waals surface area contributed by atoms with Crippen molar-refractivity contribution in [3.05, 3.63) is 24.3 Å². The molecule has 7 nitrogen and oxygen atoms in total. The van der Waals surface area contributed by atoms with Crippen LogP contribution in [0.4, 0.5) is 5.69 Å². The van der Waals surface area contributed by atoms with Gasteiger partial charge in [-0.15, -0.1) is 0 Å². The third-order valence-corrected chi connectivity index (χ3v) is 5.78. The van der Waals surface area contributed by atoms with Gasteiger partial charge in [0.25, 0.3) is 5.91 Å². The summed E-state index contributed by atoms with van der Waals surface area (Å²) < 4.78 is 30.0. The van der Waals surface area contributed by atoms with E-state index in [9.17, 15) is 18.0 Å². The molecular formula is C16H22N2O5S. The van der Waals surface area contributed by atoms with Gasteiger partial charge in [0, 0.05) is 19.8 Å². The average molecular weight is 354 g/mol. The summed E-state index contributed by atoms with van der Waals surface area (Å²) in [5, 5.41) is 2.57. The summed E-state index contributed by atoms with van der Waals surface area (Å²) in [5.41, 5.74) is 0.439. The molecule has 1 N–H and O–H groups in total. The Morgan fingerprint density at radius 3 is 2.29 bits per heavy atom. The van der Waals surface area contributed by atoms with E-state index < -0.39 is 15.9 Å². The fourth-order valence-electron chi connectivity index (χ4n) is 2.53. The number of ether oxygens (including phenoxy) is 1. The summed E-state index contributed by atoms with van der Waals surface area (Å²) in [6.45, 7) is -0.340. The number of amides is 1. The highest BCUT2D eigenvalue weighted by atomic mass is 32.2. The van der Waals surface area contributed by atoms with Gasteiger partial charge in [0.05, 0.1) is 10.8 Å². The van der Waals surface area contributed by atoms with Crippen molar-refractivity contribution in [1.82, 2.24) is 4.31 Å². The van der Waals surface area contributed by atoms with Crippen LogP contribution in [-0.4, -0.2) is 45.3 Å². The van der Waals surface area contributed by atoms with E-state index in [1.807, 2.05) is 0 Å². The smallest absolute Gasteiger partial charge is 0.309 e. The fourth-order valence-corrected chi connectivity index (χ4v) is 3.44. The molecule has 1 saturated carbocycles. The first-order chi connectivity index (χ1) is 11.3. The van der Waals surface area contributed by atoms with Crippen molar-refractivity contribution >= 4 is 27.6 Å². The summed E-state index contributed by atoms with van der Waals surface area (Å²) in [6.07, 6.45) is 3.69. The molecule has 2 rings (SSSR count). The van der Waals surface area contributed by atoms with Gasteiger partial charge in [0.15, 0.2) is 6.61 Å². The van der Waals surface area contributed by atoms with Gasteiger partial charge >= 0.3 is 5.97 Å². The molecule has 0 heterocycles. The van der Waals surface area contributed by atoms with Gasteiger partial charge in [-0.3, -0.25) is 9.59 Å². The van der Waals surface area contributed by atoms with E-state index in [1.54, 1.807) is 0 Å². The molecule has 1 aliphatic rings. The minimum atomic E-state index is -3.50. The lowest BCUT2D eigenvalue weighted by Gasteiger charge is -2.12. The van der Waals surface area contributed by atoms with Crippen molar-refractivity contribution in [2.24, 2.45) is 5.92 Å². The number of hydrogen-bond acceptors (Lipinski definition) is 5. The molecular weight excluding hydrogens is 332 g/mol.